The lowest BCUT2D eigenvalue weighted by Crippen LogP contribution is -2.01. The SMILES string of the molecule is COc1cccc(-c2nc(Nc3ccc(N)c(C=N)c3)c3c(C)coc3n2)c1.[HH].[HH]. The minimum atomic E-state index is 0. The summed E-state index contributed by atoms with van der Waals surface area (Å²) in [5.41, 5.74) is 10.1. The fraction of sp³-hybridized carbons (Fsp3) is 0.0952. The second kappa shape index (κ2) is 7.03. The molecule has 2 heterocycles. The Labute approximate surface area is 164 Å². The zero-order valence-electron chi connectivity index (χ0n) is 15.5. The van der Waals surface area contributed by atoms with E-state index in [-0.39, 0.29) is 2.85 Å². The summed E-state index contributed by atoms with van der Waals surface area (Å²) in [7, 11) is 1.62. The van der Waals surface area contributed by atoms with Crippen LogP contribution in [0.1, 0.15) is 14.0 Å². The zero-order chi connectivity index (χ0) is 19.7. The number of benzene rings is 2. The number of fused-ring (bicyclic) bond motifs is 1. The Morgan fingerprint density at radius 1 is 1.21 bits per heavy atom. The number of aryl methyl sites for hydroxylation is 1. The molecule has 0 amide bonds. The average Bonchev–Trinajstić information content (AvgIpc) is 3.10. The standard InChI is InChI=1S/C21H19N5O2.2H2/c1-12-11-28-21-18(12)20(24-15-6-7-17(23)14(8-15)10-22)25-19(26-21)13-4-3-5-16(9-13)27-2;;/h3-11,22H,23H2,1-2H3,(H,24,25,26);2*1H. The van der Waals surface area contributed by atoms with Gasteiger partial charge in [-0.25, -0.2) is 4.98 Å². The van der Waals surface area contributed by atoms with Gasteiger partial charge in [-0.2, -0.15) is 4.98 Å². The third kappa shape index (κ3) is 3.14. The van der Waals surface area contributed by atoms with Crippen molar-refractivity contribution in [3.05, 3.63) is 59.9 Å². The van der Waals surface area contributed by atoms with Gasteiger partial charge in [-0.05, 0) is 37.3 Å². The molecule has 0 spiro atoms. The first-order valence-corrected chi connectivity index (χ1v) is 8.66. The van der Waals surface area contributed by atoms with E-state index in [0.29, 0.717) is 28.6 Å². The summed E-state index contributed by atoms with van der Waals surface area (Å²) in [6.07, 6.45) is 2.88. The van der Waals surface area contributed by atoms with Gasteiger partial charge in [0.2, 0.25) is 5.71 Å². The third-order valence-electron chi connectivity index (χ3n) is 4.45. The number of furan rings is 1. The van der Waals surface area contributed by atoms with Gasteiger partial charge in [0, 0.05) is 37.1 Å². The number of ether oxygens (including phenoxy) is 1. The molecule has 0 saturated carbocycles. The van der Waals surface area contributed by atoms with Crippen LogP contribution in [0.2, 0.25) is 0 Å². The first-order valence-electron chi connectivity index (χ1n) is 8.66. The number of hydrogen-bond donors (Lipinski definition) is 3. The molecule has 7 heteroatoms. The van der Waals surface area contributed by atoms with E-state index in [0.717, 1.165) is 28.0 Å². The van der Waals surface area contributed by atoms with Crippen molar-refractivity contribution in [1.82, 2.24) is 9.97 Å². The van der Waals surface area contributed by atoms with Gasteiger partial charge in [0.05, 0.1) is 18.8 Å². The number of nitrogens with one attached hydrogen (secondary N) is 2. The van der Waals surface area contributed by atoms with E-state index in [4.69, 9.17) is 25.3 Å². The van der Waals surface area contributed by atoms with E-state index < -0.39 is 0 Å². The topological polar surface area (TPSA) is 110 Å². The number of aromatic nitrogens is 2. The van der Waals surface area contributed by atoms with Crippen LogP contribution in [-0.2, 0) is 0 Å². The molecule has 2 aromatic heterocycles. The summed E-state index contributed by atoms with van der Waals surface area (Å²) in [6, 6.07) is 12.9. The highest BCUT2D eigenvalue weighted by atomic mass is 16.5. The van der Waals surface area contributed by atoms with Gasteiger partial charge < -0.3 is 25.6 Å². The smallest absolute Gasteiger partial charge is 0.231 e. The third-order valence-corrected chi connectivity index (χ3v) is 4.45. The Hall–Kier alpha value is -3.87. The second-order valence-corrected chi connectivity index (χ2v) is 6.34. The highest BCUT2D eigenvalue weighted by Crippen LogP contribution is 2.32. The molecule has 7 nitrogen and oxygen atoms in total. The lowest BCUT2D eigenvalue weighted by atomic mass is 10.1. The Morgan fingerprint density at radius 3 is 2.86 bits per heavy atom. The van der Waals surface area contributed by atoms with Gasteiger partial charge in [0.15, 0.2) is 5.82 Å². The Balaban J connectivity index is 0.00000160. The molecule has 0 aliphatic rings. The van der Waals surface area contributed by atoms with Crippen LogP contribution in [-0.4, -0.2) is 23.3 Å². The fourth-order valence-electron chi connectivity index (χ4n) is 2.98. The molecule has 0 fully saturated rings. The minimum Gasteiger partial charge on any atom is -0.497 e. The van der Waals surface area contributed by atoms with E-state index in [1.54, 1.807) is 25.5 Å². The molecule has 28 heavy (non-hydrogen) atoms. The van der Waals surface area contributed by atoms with Gasteiger partial charge in [0.25, 0.3) is 0 Å². The molecule has 4 aromatic rings. The van der Waals surface area contributed by atoms with Crippen LogP contribution >= 0.6 is 0 Å². The van der Waals surface area contributed by atoms with Gasteiger partial charge in [-0.1, -0.05) is 12.1 Å². The van der Waals surface area contributed by atoms with Crippen LogP contribution in [0, 0.1) is 12.3 Å². The van der Waals surface area contributed by atoms with Crippen LogP contribution < -0.4 is 15.8 Å². The molecule has 0 saturated heterocycles. The lowest BCUT2D eigenvalue weighted by Gasteiger charge is -2.11. The van der Waals surface area contributed by atoms with Gasteiger partial charge in [0.1, 0.15) is 11.6 Å². The van der Waals surface area contributed by atoms with Crippen molar-refractivity contribution in [1.29, 1.82) is 5.41 Å². The van der Waals surface area contributed by atoms with Crippen molar-refractivity contribution >= 4 is 34.5 Å². The summed E-state index contributed by atoms with van der Waals surface area (Å²) in [5, 5.41) is 11.6. The second-order valence-electron chi connectivity index (χ2n) is 6.34. The molecule has 4 rings (SSSR count). The highest BCUT2D eigenvalue weighted by Gasteiger charge is 2.15. The summed E-state index contributed by atoms with van der Waals surface area (Å²) >= 11 is 0. The van der Waals surface area contributed by atoms with E-state index >= 15 is 0 Å². The van der Waals surface area contributed by atoms with Crippen LogP contribution in [0.4, 0.5) is 17.2 Å². The normalized spacial score (nSPS) is 10.8. The summed E-state index contributed by atoms with van der Waals surface area (Å²) < 4.78 is 10.9. The molecule has 0 aliphatic carbocycles. The number of anilines is 3. The number of rotatable bonds is 5. The molecule has 0 radical (unpaired) electrons. The first kappa shape index (κ1) is 17.5. The number of hydrogen-bond acceptors (Lipinski definition) is 7. The largest absolute Gasteiger partial charge is 0.497 e. The predicted octanol–water partition coefficient (Wildman–Crippen LogP) is 5.02. The number of methoxy groups -OCH3 is 1. The maximum absolute atomic E-state index is 7.50. The molecular weight excluding hydrogens is 354 g/mol. The zero-order valence-corrected chi connectivity index (χ0v) is 15.5. The molecule has 0 aliphatic heterocycles. The number of nitrogens with zero attached hydrogens (tertiary/aromatic N) is 2. The van der Waals surface area contributed by atoms with Gasteiger partial charge in [-0.15, -0.1) is 0 Å². The van der Waals surface area contributed by atoms with E-state index in [9.17, 15) is 0 Å². The van der Waals surface area contributed by atoms with Crippen molar-refractivity contribution in [3.8, 4) is 17.1 Å². The summed E-state index contributed by atoms with van der Waals surface area (Å²) in [6.45, 7) is 1.94. The molecule has 4 N–H and O–H groups in total. The quantitative estimate of drug-likeness (QED) is 0.333. The maximum Gasteiger partial charge on any atom is 0.231 e. The number of nitrogen functional groups attached to an aromatic ring is 1. The van der Waals surface area contributed by atoms with E-state index in [1.165, 1.54) is 6.21 Å². The van der Waals surface area contributed by atoms with Gasteiger partial charge >= 0.3 is 0 Å². The first-order chi connectivity index (χ1) is 13.6. The highest BCUT2D eigenvalue weighted by molar-refractivity contribution is 5.93. The van der Waals surface area contributed by atoms with Crippen molar-refractivity contribution in [2.75, 3.05) is 18.2 Å². The van der Waals surface area contributed by atoms with Crippen molar-refractivity contribution in [2.45, 2.75) is 6.92 Å². The molecule has 0 unspecified atom stereocenters. The van der Waals surface area contributed by atoms with Crippen molar-refractivity contribution in [3.63, 3.8) is 0 Å². The van der Waals surface area contributed by atoms with Crippen LogP contribution in [0.5, 0.6) is 5.75 Å². The number of nitrogens with two attached hydrogens (primary N) is 1. The van der Waals surface area contributed by atoms with E-state index in [1.807, 2.05) is 37.3 Å². The molecule has 0 bridgehead atoms. The van der Waals surface area contributed by atoms with Crippen LogP contribution in [0.3, 0.4) is 0 Å². The Morgan fingerprint density at radius 2 is 2.07 bits per heavy atom. The van der Waals surface area contributed by atoms with Crippen molar-refractivity contribution < 1.29 is 12.0 Å². The average molecular weight is 377 g/mol. The van der Waals surface area contributed by atoms with Crippen LogP contribution in [0.15, 0.2) is 53.1 Å². The molecular formula is C21H23N5O2. The van der Waals surface area contributed by atoms with E-state index in [2.05, 4.69) is 10.3 Å². The van der Waals surface area contributed by atoms with Crippen molar-refractivity contribution in [2.24, 2.45) is 0 Å². The summed E-state index contributed by atoms with van der Waals surface area (Å²) in [4.78, 5) is 9.29. The monoisotopic (exact) mass is 377 g/mol. The lowest BCUT2D eigenvalue weighted by molar-refractivity contribution is 0.415. The predicted molar refractivity (Wildman–Crippen MR) is 115 cm³/mol. The summed E-state index contributed by atoms with van der Waals surface area (Å²) in [5.74, 6) is 1.86. The molecule has 0 atom stereocenters. The molecule has 2 aromatic carbocycles. The Bertz CT molecular complexity index is 1190. The minimum absolute atomic E-state index is 0. The van der Waals surface area contributed by atoms with Gasteiger partial charge in [-0.3, -0.25) is 0 Å². The Kier molecular flexibility index (Phi) is 4.41. The maximum atomic E-state index is 7.50. The van der Waals surface area contributed by atoms with Crippen LogP contribution in [0.25, 0.3) is 22.5 Å². The fourth-order valence-corrected chi connectivity index (χ4v) is 2.98. The molecule has 144 valence electrons.